The average Bonchev–Trinajstić information content (AvgIpc) is 2.61. The zero-order valence-corrected chi connectivity index (χ0v) is 11.7. The van der Waals surface area contributed by atoms with Gasteiger partial charge in [-0.15, -0.1) is 0 Å². The molecule has 0 bridgehead atoms. The number of carbonyl (C=O) groups excluding carboxylic acids is 2. The molecule has 1 aliphatic rings. The van der Waals surface area contributed by atoms with E-state index in [1.165, 1.54) is 4.90 Å². The van der Waals surface area contributed by atoms with Crippen LogP contribution in [0.4, 0.5) is 0 Å². The number of carbonyl (C=O) groups is 2. The van der Waals surface area contributed by atoms with E-state index < -0.39 is 11.1 Å². The van der Waals surface area contributed by atoms with Crippen molar-refractivity contribution >= 4 is 11.8 Å². The standard InChI is InChI=1S/C13H24N2O3/c1-12(2,11(17)15(3)4)14-10(16)9-13(18)7-5-6-8-13/h18H,5-9H2,1-4H3,(H,14,16). The van der Waals surface area contributed by atoms with Crippen LogP contribution in [0.3, 0.4) is 0 Å². The van der Waals surface area contributed by atoms with Crippen molar-refractivity contribution in [3.8, 4) is 0 Å². The molecule has 0 aromatic heterocycles. The predicted octanol–water partition coefficient (Wildman–Crippen LogP) is 0.665. The highest BCUT2D eigenvalue weighted by Crippen LogP contribution is 2.32. The Balaban J connectivity index is 2.56. The molecule has 0 aromatic rings. The molecule has 5 heteroatoms. The van der Waals surface area contributed by atoms with E-state index in [-0.39, 0.29) is 18.2 Å². The monoisotopic (exact) mass is 256 g/mol. The second-order valence-corrected chi connectivity index (χ2v) is 5.98. The van der Waals surface area contributed by atoms with Crippen molar-refractivity contribution in [3.05, 3.63) is 0 Å². The molecule has 1 rings (SSSR count). The largest absolute Gasteiger partial charge is 0.389 e. The molecule has 5 nitrogen and oxygen atoms in total. The SMILES string of the molecule is CN(C)C(=O)C(C)(C)NC(=O)CC1(O)CCCC1. The lowest BCUT2D eigenvalue weighted by Gasteiger charge is -2.30. The molecule has 104 valence electrons. The van der Waals surface area contributed by atoms with E-state index in [1.807, 2.05) is 0 Å². The molecule has 1 aliphatic carbocycles. The molecular formula is C13H24N2O3. The van der Waals surface area contributed by atoms with Crippen molar-refractivity contribution in [2.45, 2.75) is 57.1 Å². The van der Waals surface area contributed by atoms with Crippen molar-refractivity contribution in [1.29, 1.82) is 0 Å². The first kappa shape index (κ1) is 15.0. The third kappa shape index (κ3) is 3.70. The van der Waals surface area contributed by atoms with Gasteiger partial charge in [0.05, 0.1) is 12.0 Å². The Morgan fingerprint density at radius 2 is 1.78 bits per heavy atom. The molecule has 0 saturated heterocycles. The Hall–Kier alpha value is -1.10. The van der Waals surface area contributed by atoms with Crippen molar-refractivity contribution in [3.63, 3.8) is 0 Å². The Labute approximate surface area is 109 Å². The number of hydrogen-bond acceptors (Lipinski definition) is 3. The quantitative estimate of drug-likeness (QED) is 0.776. The van der Waals surface area contributed by atoms with Gasteiger partial charge in [0.15, 0.2) is 0 Å². The van der Waals surface area contributed by atoms with E-state index in [2.05, 4.69) is 5.32 Å². The maximum Gasteiger partial charge on any atom is 0.247 e. The second-order valence-electron chi connectivity index (χ2n) is 5.98. The topological polar surface area (TPSA) is 69.6 Å². The van der Waals surface area contributed by atoms with E-state index in [0.29, 0.717) is 12.8 Å². The molecule has 1 fully saturated rings. The minimum absolute atomic E-state index is 0.0805. The van der Waals surface area contributed by atoms with Crippen LogP contribution < -0.4 is 5.32 Å². The number of hydrogen-bond donors (Lipinski definition) is 2. The van der Waals surface area contributed by atoms with Crippen molar-refractivity contribution in [1.82, 2.24) is 10.2 Å². The number of nitrogens with zero attached hydrogens (tertiary/aromatic N) is 1. The smallest absolute Gasteiger partial charge is 0.247 e. The van der Waals surface area contributed by atoms with Gasteiger partial charge >= 0.3 is 0 Å². The van der Waals surface area contributed by atoms with Gasteiger partial charge in [-0.2, -0.15) is 0 Å². The van der Waals surface area contributed by atoms with Gasteiger partial charge in [-0.1, -0.05) is 12.8 Å². The van der Waals surface area contributed by atoms with Crippen LogP contribution in [0.5, 0.6) is 0 Å². The minimum atomic E-state index is -0.935. The fourth-order valence-electron chi connectivity index (χ4n) is 2.51. The maximum absolute atomic E-state index is 11.9. The number of likely N-dealkylation sites (N-methyl/N-ethyl adjacent to an activating group) is 1. The molecule has 0 atom stereocenters. The van der Waals surface area contributed by atoms with Gasteiger partial charge in [0.1, 0.15) is 5.54 Å². The third-order valence-electron chi connectivity index (χ3n) is 3.42. The van der Waals surface area contributed by atoms with Crippen LogP contribution in [0.25, 0.3) is 0 Å². The summed E-state index contributed by atoms with van der Waals surface area (Å²) in [5.74, 6) is -0.422. The van der Waals surface area contributed by atoms with Gasteiger partial charge in [-0.05, 0) is 26.7 Å². The molecule has 1 saturated carbocycles. The van der Waals surface area contributed by atoms with E-state index in [9.17, 15) is 14.7 Å². The number of nitrogens with one attached hydrogen (secondary N) is 1. The molecule has 0 heterocycles. The van der Waals surface area contributed by atoms with Gasteiger partial charge < -0.3 is 15.3 Å². The van der Waals surface area contributed by atoms with Crippen LogP contribution >= 0.6 is 0 Å². The third-order valence-corrected chi connectivity index (χ3v) is 3.42. The summed E-state index contributed by atoms with van der Waals surface area (Å²) in [6.45, 7) is 3.35. The van der Waals surface area contributed by atoms with Crippen molar-refractivity contribution in [2.75, 3.05) is 14.1 Å². The Morgan fingerprint density at radius 3 is 2.22 bits per heavy atom. The van der Waals surface area contributed by atoms with Gasteiger partial charge in [0.25, 0.3) is 0 Å². The van der Waals surface area contributed by atoms with E-state index >= 15 is 0 Å². The zero-order valence-electron chi connectivity index (χ0n) is 11.7. The van der Waals surface area contributed by atoms with E-state index in [1.54, 1.807) is 27.9 Å². The van der Waals surface area contributed by atoms with Crippen LogP contribution in [-0.4, -0.2) is 47.1 Å². The first-order valence-corrected chi connectivity index (χ1v) is 6.41. The maximum atomic E-state index is 11.9. The summed E-state index contributed by atoms with van der Waals surface area (Å²) >= 11 is 0. The van der Waals surface area contributed by atoms with Gasteiger partial charge in [-0.3, -0.25) is 9.59 Å². The molecule has 0 radical (unpaired) electrons. The van der Waals surface area contributed by atoms with Gasteiger partial charge in [0, 0.05) is 14.1 Å². The molecule has 2 amide bonds. The zero-order chi connectivity index (χ0) is 14.0. The van der Waals surface area contributed by atoms with Crippen LogP contribution in [0, 0.1) is 0 Å². The first-order valence-electron chi connectivity index (χ1n) is 6.41. The molecule has 0 aliphatic heterocycles. The first-order chi connectivity index (χ1) is 8.16. The highest BCUT2D eigenvalue weighted by Gasteiger charge is 2.36. The van der Waals surface area contributed by atoms with Crippen LogP contribution in [0.1, 0.15) is 46.0 Å². The van der Waals surface area contributed by atoms with Gasteiger partial charge in [-0.25, -0.2) is 0 Å². The lowest BCUT2D eigenvalue weighted by Crippen LogP contribution is -2.55. The molecular weight excluding hydrogens is 232 g/mol. The molecule has 18 heavy (non-hydrogen) atoms. The van der Waals surface area contributed by atoms with Crippen LogP contribution in [0.2, 0.25) is 0 Å². The highest BCUT2D eigenvalue weighted by atomic mass is 16.3. The fraction of sp³-hybridized carbons (Fsp3) is 0.846. The Bertz CT molecular complexity index is 331. The number of aliphatic hydroxyl groups is 1. The Morgan fingerprint density at radius 1 is 1.28 bits per heavy atom. The fourth-order valence-corrected chi connectivity index (χ4v) is 2.51. The molecule has 0 spiro atoms. The average molecular weight is 256 g/mol. The molecule has 0 aromatic carbocycles. The summed E-state index contributed by atoms with van der Waals surface area (Å²) < 4.78 is 0. The highest BCUT2D eigenvalue weighted by molar-refractivity contribution is 5.90. The van der Waals surface area contributed by atoms with Crippen molar-refractivity contribution < 1.29 is 14.7 Å². The second kappa shape index (κ2) is 5.26. The van der Waals surface area contributed by atoms with Crippen LogP contribution in [0.15, 0.2) is 0 Å². The summed E-state index contributed by atoms with van der Waals surface area (Å²) in [4.78, 5) is 25.2. The van der Waals surface area contributed by atoms with Crippen molar-refractivity contribution in [2.24, 2.45) is 0 Å². The molecule has 2 N–H and O–H groups in total. The summed E-state index contributed by atoms with van der Waals surface area (Å²) in [7, 11) is 3.31. The van der Waals surface area contributed by atoms with E-state index in [4.69, 9.17) is 0 Å². The lowest BCUT2D eigenvalue weighted by atomic mass is 9.96. The Kier molecular flexibility index (Phi) is 4.37. The summed E-state index contributed by atoms with van der Waals surface area (Å²) in [5, 5.41) is 12.8. The number of amides is 2. The number of rotatable bonds is 4. The predicted molar refractivity (Wildman–Crippen MR) is 69.0 cm³/mol. The summed E-state index contributed by atoms with van der Waals surface area (Å²) in [5.41, 5.74) is -1.81. The van der Waals surface area contributed by atoms with Gasteiger partial charge in [0.2, 0.25) is 11.8 Å². The summed E-state index contributed by atoms with van der Waals surface area (Å²) in [6.07, 6.45) is 3.34. The summed E-state index contributed by atoms with van der Waals surface area (Å²) in [6, 6.07) is 0. The molecule has 0 unspecified atom stereocenters. The van der Waals surface area contributed by atoms with E-state index in [0.717, 1.165) is 12.8 Å². The minimum Gasteiger partial charge on any atom is -0.389 e. The lowest BCUT2D eigenvalue weighted by molar-refractivity contribution is -0.139. The van der Waals surface area contributed by atoms with Crippen LogP contribution in [-0.2, 0) is 9.59 Å². The normalized spacial score (nSPS) is 18.5.